The molecule has 3 aromatic rings. The molecule has 0 aliphatic carbocycles. The normalized spacial score (nSPS) is 18.0. The first kappa shape index (κ1) is 24.2. The molecule has 2 aliphatic heterocycles. The zero-order chi connectivity index (χ0) is 25.9. The van der Waals surface area contributed by atoms with E-state index in [1.54, 1.807) is 67.0 Å². The van der Waals surface area contributed by atoms with Crippen molar-refractivity contribution in [3.8, 4) is 5.75 Å². The smallest absolute Gasteiger partial charge is 0.338 e. The van der Waals surface area contributed by atoms with Gasteiger partial charge < -0.3 is 19.5 Å². The fraction of sp³-hybridized carbons (Fsp3) is 0.241. The zero-order valence-electron chi connectivity index (χ0n) is 20.3. The van der Waals surface area contributed by atoms with Gasteiger partial charge in [0, 0.05) is 30.9 Å². The molecule has 1 unspecified atom stereocenters. The lowest BCUT2D eigenvalue weighted by Crippen LogP contribution is -2.29. The molecule has 2 aliphatic rings. The molecule has 2 aromatic carbocycles. The Morgan fingerprint density at radius 3 is 2.65 bits per heavy atom. The summed E-state index contributed by atoms with van der Waals surface area (Å²) >= 11 is 0. The monoisotopic (exact) mass is 498 g/mol. The summed E-state index contributed by atoms with van der Waals surface area (Å²) in [6, 6.07) is 14.6. The van der Waals surface area contributed by atoms with Gasteiger partial charge in [0.15, 0.2) is 0 Å². The Labute approximate surface area is 214 Å². The Morgan fingerprint density at radius 2 is 1.92 bits per heavy atom. The molecule has 8 nitrogen and oxygen atoms in total. The van der Waals surface area contributed by atoms with Crippen LogP contribution in [0.4, 0.5) is 0 Å². The van der Waals surface area contributed by atoms with Crippen molar-refractivity contribution in [3.63, 3.8) is 0 Å². The van der Waals surface area contributed by atoms with E-state index in [0.29, 0.717) is 36.3 Å². The van der Waals surface area contributed by atoms with Crippen molar-refractivity contribution in [1.29, 1.82) is 0 Å². The Balaban J connectivity index is 1.50. The molecule has 3 heterocycles. The van der Waals surface area contributed by atoms with Gasteiger partial charge in [-0.3, -0.25) is 14.6 Å². The Hall–Kier alpha value is -4.46. The van der Waals surface area contributed by atoms with Crippen LogP contribution < -0.4 is 4.74 Å². The van der Waals surface area contributed by atoms with Crippen LogP contribution in [-0.4, -0.2) is 45.9 Å². The second kappa shape index (κ2) is 10.3. The summed E-state index contributed by atoms with van der Waals surface area (Å²) in [6.45, 7) is 2.92. The highest BCUT2D eigenvalue weighted by Crippen LogP contribution is 2.40. The summed E-state index contributed by atoms with van der Waals surface area (Å²) in [7, 11) is 0. The highest BCUT2D eigenvalue weighted by atomic mass is 16.5. The molecular formula is C29H26N2O6. The van der Waals surface area contributed by atoms with Crippen LogP contribution in [0.2, 0.25) is 0 Å². The van der Waals surface area contributed by atoms with Crippen LogP contribution in [0, 0.1) is 0 Å². The minimum absolute atomic E-state index is 0.0108. The largest absolute Gasteiger partial charge is 0.507 e. The molecule has 1 N–H and O–H groups in total. The van der Waals surface area contributed by atoms with Gasteiger partial charge in [-0.05, 0) is 59.5 Å². The molecule has 37 heavy (non-hydrogen) atoms. The summed E-state index contributed by atoms with van der Waals surface area (Å²) in [6.07, 6.45) is 4.62. The molecule has 0 saturated carbocycles. The number of nitrogens with zero attached hydrogens (tertiary/aromatic N) is 2. The lowest BCUT2D eigenvalue weighted by atomic mass is 9.95. The summed E-state index contributed by atoms with van der Waals surface area (Å²) in [5.74, 6) is -1.38. The van der Waals surface area contributed by atoms with E-state index in [9.17, 15) is 19.5 Å². The molecule has 5 rings (SSSR count). The quantitative estimate of drug-likeness (QED) is 0.225. The van der Waals surface area contributed by atoms with E-state index in [1.165, 1.54) is 4.90 Å². The van der Waals surface area contributed by atoms with E-state index in [-0.39, 0.29) is 17.9 Å². The number of aromatic nitrogens is 1. The summed E-state index contributed by atoms with van der Waals surface area (Å²) in [5, 5.41) is 11.3. The number of aliphatic hydroxyl groups excluding tert-OH is 1. The minimum Gasteiger partial charge on any atom is -0.507 e. The molecule has 1 amide bonds. The third kappa shape index (κ3) is 4.70. The fourth-order valence-electron chi connectivity index (χ4n) is 4.64. The fourth-order valence-corrected chi connectivity index (χ4v) is 4.64. The number of amides is 1. The maximum absolute atomic E-state index is 13.3. The second-order valence-corrected chi connectivity index (χ2v) is 8.97. The van der Waals surface area contributed by atoms with E-state index in [2.05, 4.69) is 4.98 Å². The van der Waals surface area contributed by atoms with Gasteiger partial charge in [0.1, 0.15) is 11.5 Å². The van der Waals surface area contributed by atoms with Gasteiger partial charge >= 0.3 is 5.97 Å². The van der Waals surface area contributed by atoms with Gasteiger partial charge in [0.05, 0.1) is 30.4 Å². The molecule has 0 bridgehead atoms. The van der Waals surface area contributed by atoms with Crippen LogP contribution >= 0.6 is 0 Å². The van der Waals surface area contributed by atoms with E-state index >= 15 is 0 Å². The number of ether oxygens (including phenoxy) is 2. The van der Waals surface area contributed by atoms with Crippen LogP contribution in [0.3, 0.4) is 0 Å². The van der Waals surface area contributed by atoms with E-state index < -0.39 is 23.7 Å². The van der Waals surface area contributed by atoms with E-state index in [0.717, 1.165) is 23.3 Å². The average molecular weight is 499 g/mol. The maximum atomic E-state index is 13.3. The third-order valence-electron chi connectivity index (χ3n) is 6.48. The average Bonchev–Trinajstić information content (AvgIpc) is 3.50. The van der Waals surface area contributed by atoms with Crippen LogP contribution in [0.15, 0.2) is 72.6 Å². The molecule has 1 aromatic heterocycles. The van der Waals surface area contributed by atoms with Gasteiger partial charge in [-0.25, -0.2) is 4.79 Å². The first-order valence-corrected chi connectivity index (χ1v) is 12.2. The van der Waals surface area contributed by atoms with Crippen LogP contribution in [-0.2, 0) is 27.3 Å². The van der Waals surface area contributed by atoms with Crippen molar-refractivity contribution in [3.05, 3.63) is 100 Å². The number of carbonyl (C=O) groups is 3. The Morgan fingerprint density at radius 1 is 1.14 bits per heavy atom. The molecule has 8 heteroatoms. The number of Topliss-reactive ketones (excluding diaryl/α,β-unsaturated/α-hetero) is 1. The molecule has 1 fully saturated rings. The number of benzene rings is 2. The van der Waals surface area contributed by atoms with Crippen molar-refractivity contribution >= 4 is 23.4 Å². The van der Waals surface area contributed by atoms with Crippen LogP contribution in [0.1, 0.15) is 52.0 Å². The lowest BCUT2D eigenvalue weighted by Gasteiger charge is -2.25. The predicted molar refractivity (Wildman–Crippen MR) is 135 cm³/mol. The minimum atomic E-state index is -0.826. The highest BCUT2D eigenvalue weighted by molar-refractivity contribution is 6.46. The van der Waals surface area contributed by atoms with Crippen LogP contribution in [0.25, 0.3) is 5.76 Å². The summed E-state index contributed by atoms with van der Waals surface area (Å²) in [5.41, 5.74) is 3.13. The van der Waals surface area contributed by atoms with Gasteiger partial charge in [-0.2, -0.15) is 0 Å². The van der Waals surface area contributed by atoms with Gasteiger partial charge in [0.2, 0.25) is 0 Å². The molecule has 188 valence electrons. The SMILES string of the molecule is CCCOC(=O)c1ccc(CN2C(=O)C(=O)/C(=C(\O)c3ccc4c(c3)CCO4)C2c2cccnc2)cc1. The number of aliphatic hydroxyl groups is 1. The van der Waals surface area contributed by atoms with Crippen molar-refractivity contribution in [1.82, 2.24) is 9.88 Å². The predicted octanol–water partition coefficient (Wildman–Crippen LogP) is 4.21. The van der Waals surface area contributed by atoms with Gasteiger partial charge in [0.25, 0.3) is 11.7 Å². The summed E-state index contributed by atoms with van der Waals surface area (Å²) in [4.78, 5) is 44.2. The van der Waals surface area contributed by atoms with Gasteiger partial charge in [-0.1, -0.05) is 25.1 Å². The zero-order valence-corrected chi connectivity index (χ0v) is 20.3. The number of carbonyl (C=O) groups excluding carboxylic acids is 3. The molecule has 0 spiro atoms. The summed E-state index contributed by atoms with van der Waals surface area (Å²) < 4.78 is 10.7. The molecule has 0 radical (unpaired) electrons. The number of rotatable bonds is 7. The van der Waals surface area contributed by atoms with Gasteiger partial charge in [-0.15, -0.1) is 0 Å². The standard InChI is InChI=1S/C29H26N2O6/c1-2-13-37-29(35)19-7-5-18(6-8-19)17-31-25(22-4-3-12-30-16-22)24(27(33)28(31)34)26(32)21-9-10-23-20(15-21)11-14-36-23/h3-10,12,15-16,25,32H,2,11,13-14,17H2,1H3/b26-24-. The topological polar surface area (TPSA) is 106 Å². The van der Waals surface area contributed by atoms with Crippen molar-refractivity contribution in [2.75, 3.05) is 13.2 Å². The molecular weight excluding hydrogens is 472 g/mol. The Kier molecular flexibility index (Phi) is 6.72. The maximum Gasteiger partial charge on any atom is 0.338 e. The number of hydrogen-bond donors (Lipinski definition) is 1. The first-order chi connectivity index (χ1) is 18.0. The van der Waals surface area contributed by atoms with E-state index in [1.807, 2.05) is 6.92 Å². The highest BCUT2D eigenvalue weighted by Gasteiger charge is 2.46. The van der Waals surface area contributed by atoms with Crippen molar-refractivity contribution in [2.24, 2.45) is 0 Å². The number of pyridine rings is 1. The number of esters is 1. The first-order valence-electron chi connectivity index (χ1n) is 12.2. The number of likely N-dealkylation sites (tertiary alicyclic amines) is 1. The van der Waals surface area contributed by atoms with Crippen LogP contribution in [0.5, 0.6) is 5.75 Å². The lowest BCUT2D eigenvalue weighted by molar-refractivity contribution is -0.140. The van der Waals surface area contributed by atoms with Crippen molar-refractivity contribution < 1.29 is 29.0 Å². The molecule has 1 atom stereocenters. The molecule has 1 saturated heterocycles. The van der Waals surface area contributed by atoms with E-state index in [4.69, 9.17) is 9.47 Å². The Bertz CT molecular complexity index is 1380. The van der Waals surface area contributed by atoms with Crippen molar-refractivity contribution in [2.45, 2.75) is 32.4 Å². The number of hydrogen-bond acceptors (Lipinski definition) is 7. The third-order valence-corrected chi connectivity index (χ3v) is 6.48. The number of ketones is 1. The number of fused-ring (bicyclic) bond motifs is 1. The second-order valence-electron chi connectivity index (χ2n) is 8.97.